The molecule has 7 rings (SSSR count). The van der Waals surface area contributed by atoms with Crippen LogP contribution in [-0.2, 0) is 9.59 Å². The number of allylic oxidation sites excluding steroid dienone is 2. The third-order valence-electron chi connectivity index (χ3n) is 7.94. The third-order valence-corrected chi connectivity index (χ3v) is 7.94. The second-order valence-corrected chi connectivity index (χ2v) is 9.70. The van der Waals surface area contributed by atoms with Crippen LogP contribution in [0.3, 0.4) is 0 Å². The second kappa shape index (κ2) is 7.30. The number of anilines is 1. The number of carbonyl (C=O) groups is 3. The van der Waals surface area contributed by atoms with Gasteiger partial charge in [-0.2, -0.15) is 0 Å². The van der Waals surface area contributed by atoms with Crippen LogP contribution >= 0.6 is 0 Å². The van der Waals surface area contributed by atoms with Crippen molar-refractivity contribution < 1.29 is 19.1 Å². The van der Waals surface area contributed by atoms with Crippen LogP contribution in [0.1, 0.15) is 22.3 Å². The molecule has 2 bridgehead atoms. The zero-order valence-electron chi connectivity index (χ0n) is 18.7. The topological polar surface area (TPSA) is 66.9 Å². The molecule has 168 valence electrons. The number of imide groups is 1. The Morgan fingerprint density at radius 2 is 1.64 bits per heavy atom. The molecule has 6 heteroatoms. The molecule has 2 saturated carbocycles. The van der Waals surface area contributed by atoms with Crippen LogP contribution in [0.15, 0.2) is 60.7 Å². The number of rotatable bonds is 5. The zero-order chi connectivity index (χ0) is 22.9. The van der Waals surface area contributed by atoms with Crippen LogP contribution in [0, 0.1) is 42.4 Å². The Labute approximate surface area is 192 Å². The molecule has 1 heterocycles. The molecule has 1 saturated heterocycles. The minimum absolute atomic E-state index is 0.0848. The number of nitrogens with zero attached hydrogens (tertiary/aromatic N) is 2. The monoisotopic (exact) mass is 442 g/mol. The van der Waals surface area contributed by atoms with E-state index in [1.54, 1.807) is 31.4 Å². The average Bonchev–Trinajstić information content (AvgIpc) is 3.63. The van der Waals surface area contributed by atoms with Crippen LogP contribution in [0.5, 0.6) is 5.75 Å². The first-order chi connectivity index (χ1) is 16.0. The van der Waals surface area contributed by atoms with Crippen LogP contribution in [0.25, 0.3) is 0 Å². The van der Waals surface area contributed by atoms with E-state index in [0.717, 1.165) is 12.0 Å². The van der Waals surface area contributed by atoms with Crippen molar-refractivity contribution >= 4 is 23.4 Å². The van der Waals surface area contributed by atoms with Gasteiger partial charge in [-0.15, -0.1) is 0 Å². The average molecular weight is 443 g/mol. The molecule has 6 nitrogen and oxygen atoms in total. The third kappa shape index (κ3) is 3.04. The van der Waals surface area contributed by atoms with Crippen molar-refractivity contribution in [2.24, 2.45) is 35.5 Å². The molecule has 0 N–H and O–H groups in total. The summed E-state index contributed by atoms with van der Waals surface area (Å²) in [6.07, 6.45) is 5.45. The molecule has 0 radical (unpaired) electrons. The quantitative estimate of drug-likeness (QED) is 0.524. The Balaban J connectivity index is 1.34. The fourth-order valence-corrected chi connectivity index (χ4v) is 6.20. The maximum Gasteiger partial charge on any atom is 0.259 e. The van der Waals surface area contributed by atoms with Gasteiger partial charge in [-0.25, -0.2) is 0 Å². The van der Waals surface area contributed by atoms with Gasteiger partial charge in [0, 0.05) is 11.3 Å². The predicted molar refractivity (Wildman–Crippen MR) is 122 cm³/mol. The van der Waals surface area contributed by atoms with Crippen molar-refractivity contribution in [1.29, 1.82) is 0 Å². The summed E-state index contributed by atoms with van der Waals surface area (Å²) in [4.78, 5) is 43.5. The van der Waals surface area contributed by atoms with Gasteiger partial charge in [0.25, 0.3) is 5.91 Å². The van der Waals surface area contributed by atoms with Gasteiger partial charge in [0.15, 0.2) is 0 Å². The molecule has 3 fully saturated rings. The number of ether oxygens (including phenoxy) is 1. The fourth-order valence-electron chi connectivity index (χ4n) is 6.20. The Hall–Kier alpha value is -3.41. The summed E-state index contributed by atoms with van der Waals surface area (Å²) in [5.74, 6) is 0.889. The summed E-state index contributed by atoms with van der Waals surface area (Å²) in [6.45, 7) is 1.89. The summed E-state index contributed by atoms with van der Waals surface area (Å²) in [6, 6.07) is 14.5. The first-order valence-corrected chi connectivity index (χ1v) is 11.5. The lowest BCUT2D eigenvalue weighted by Crippen LogP contribution is -2.45. The van der Waals surface area contributed by atoms with Crippen molar-refractivity contribution in [3.63, 3.8) is 0 Å². The van der Waals surface area contributed by atoms with Crippen molar-refractivity contribution in [1.82, 2.24) is 4.90 Å². The van der Waals surface area contributed by atoms with Crippen molar-refractivity contribution in [2.45, 2.75) is 13.3 Å². The fraction of sp³-hybridized carbons (Fsp3) is 0.370. The van der Waals surface area contributed by atoms with Crippen LogP contribution in [0.4, 0.5) is 5.69 Å². The van der Waals surface area contributed by atoms with Gasteiger partial charge in [0.2, 0.25) is 11.8 Å². The van der Waals surface area contributed by atoms with Gasteiger partial charge < -0.3 is 4.74 Å². The highest BCUT2D eigenvalue weighted by molar-refractivity contribution is 6.10. The highest BCUT2D eigenvalue weighted by Gasteiger charge is 2.67. The van der Waals surface area contributed by atoms with Crippen molar-refractivity contribution in [3.8, 4) is 5.75 Å². The number of carbonyl (C=O) groups excluding carboxylic acids is 3. The maximum atomic E-state index is 13.6. The Morgan fingerprint density at radius 3 is 2.24 bits per heavy atom. The lowest BCUT2D eigenvalue weighted by Gasteiger charge is -2.37. The summed E-state index contributed by atoms with van der Waals surface area (Å²) in [5.41, 5.74) is 2.15. The molecule has 5 aliphatic rings. The molecule has 0 unspecified atom stereocenters. The number of aryl methyl sites for hydroxylation is 1. The number of likely N-dealkylation sites (tertiary alicyclic amines) is 1. The summed E-state index contributed by atoms with van der Waals surface area (Å²) in [7, 11) is 1.55. The largest absolute Gasteiger partial charge is 0.497 e. The molecule has 3 amide bonds. The standard InChI is InChI=1S/C27H26N2O4/c1-15-6-8-17(9-7-15)28(25(30)16-4-3-5-18(12-16)33-2)14-29-26(31)23-19-10-11-20(22-13-21(19)22)24(23)27(29)32/h3-12,19-24H,13-14H2,1-2H3/t19-,20-,21-,22+,23-,24+/m1/s1. The molecule has 2 aromatic carbocycles. The number of benzene rings is 2. The number of methoxy groups -OCH3 is 1. The molecule has 0 aromatic heterocycles. The summed E-state index contributed by atoms with van der Waals surface area (Å²) >= 11 is 0. The molecule has 6 atom stereocenters. The smallest absolute Gasteiger partial charge is 0.259 e. The molecule has 2 aromatic rings. The minimum Gasteiger partial charge on any atom is -0.497 e. The molecule has 0 spiro atoms. The molecule has 1 aliphatic heterocycles. The number of amides is 3. The second-order valence-electron chi connectivity index (χ2n) is 9.70. The predicted octanol–water partition coefficient (Wildman–Crippen LogP) is 3.66. The van der Waals surface area contributed by atoms with E-state index in [0.29, 0.717) is 28.8 Å². The first kappa shape index (κ1) is 20.2. The van der Waals surface area contributed by atoms with Gasteiger partial charge in [-0.3, -0.25) is 24.2 Å². The minimum atomic E-state index is -0.280. The van der Waals surface area contributed by atoms with Crippen LogP contribution < -0.4 is 9.64 Å². The van der Waals surface area contributed by atoms with Gasteiger partial charge in [-0.1, -0.05) is 35.9 Å². The van der Waals surface area contributed by atoms with Crippen LogP contribution in [-0.4, -0.2) is 36.4 Å². The lowest BCUT2D eigenvalue weighted by molar-refractivity contribution is -0.140. The van der Waals surface area contributed by atoms with E-state index in [9.17, 15) is 14.4 Å². The number of hydrogen-bond donors (Lipinski definition) is 0. The summed E-state index contributed by atoms with van der Waals surface area (Å²) < 4.78 is 5.29. The van der Waals surface area contributed by atoms with Gasteiger partial charge in [0.1, 0.15) is 12.4 Å². The Kier molecular flexibility index (Phi) is 4.47. The SMILES string of the molecule is COc1cccc(C(=O)N(CN2C(=O)[C@@H]3[C@@H]4C=C[C@H]([C@@H]5C[C@H]45)[C@@H]3C2=O)c2ccc(C)cc2)c1. The van der Waals surface area contributed by atoms with Gasteiger partial charge in [0.05, 0.1) is 18.9 Å². The van der Waals surface area contributed by atoms with Gasteiger partial charge in [-0.05, 0) is 67.3 Å². The molecular weight excluding hydrogens is 416 g/mol. The van der Waals surface area contributed by atoms with E-state index < -0.39 is 0 Å². The van der Waals surface area contributed by atoms with E-state index in [1.807, 2.05) is 31.2 Å². The van der Waals surface area contributed by atoms with Crippen LogP contribution in [0.2, 0.25) is 0 Å². The molecular formula is C27H26N2O4. The lowest BCUT2D eigenvalue weighted by atomic mass is 9.63. The molecule has 4 aliphatic carbocycles. The van der Waals surface area contributed by atoms with E-state index in [4.69, 9.17) is 4.74 Å². The maximum absolute atomic E-state index is 13.6. The van der Waals surface area contributed by atoms with Gasteiger partial charge >= 0.3 is 0 Å². The Morgan fingerprint density at radius 1 is 1.00 bits per heavy atom. The van der Waals surface area contributed by atoms with E-state index in [-0.39, 0.29) is 48.1 Å². The van der Waals surface area contributed by atoms with Crippen molar-refractivity contribution in [2.75, 3.05) is 18.7 Å². The zero-order valence-corrected chi connectivity index (χ0v) is 18.7. The Bertz CT molecular complexity index is 1150. The van der Waals surface area contributed by atoms with E-state index in [2.05, 4.69) is 12.2 Å². The van der Waals surface area contributed by atoms with E-state index >= 15 is 0 Å². The highest BCUT2D eigenvalue weighted by Crippen LogP contribution is 2.65. The summed E-state index contributed by atoms with van der Waals surface area (Å²) in [5, 5.41) is 0. The normalized spacial score (nSPS) is 30.8. The molecule has 33 heavy (non-hydrogen) atoms. The highest BCUT2D eigenvalue weighted by atomic mass is 16.5. The number of hydrogen-bond acceptors (Lipinski definition) is 4. The van der Waals surface area contributed by atoms with Crippen molar-refractivity contribution in [3.05, 3.63) is 71.8 Å². The first-order valence-electron chi connectivity index (χ1n) is 11.5. The van der Waals surface area contributed by atoms with E-state index in [1.165, 1.54) is 9.80 Å².